The minimum atomic E-state index is -0.0836. The summed E-state index contributed by atoms with van der Waals surface area (Å²) in [6.07, 6.45) is 1.91. The predicted octanol–water partition coefficient (Wildman–Crippen LogP) is 2.60. The first-order chi connectivity index (χ1) is 10.3. The summed E-state index contributed by atoms with van der Waals surface area (Å²) in [5, 5.41) is 0. The van der Waals surface area contributed by atoms with Crippen molar-refractivity contribution in [3.8, 4) is 0 Å². The number of carbonyl (C=O) groups is 1. The first kappa shape index (κ1) is 14.1. The van der Waals surface area contributed by atoms with Gasteiger partial charge in [-0.15, -0.1) is 0 Å². The van der Waals surface area contributed by atoms with Crippen LogP contribution < -0.4 is 0 Å². The summed E-state index contributed by atoms with van der Waals surface area (Å²) in [5.41, 5.74) is 1.69. The van der Waals surface area contributed by atoms with E-state index in [1.165, 1.54) is 0 Å². The van der Waals surface area contributed by atoms with E-state index in [0.29, 0.717) is 19.0 Å². The van der Waals surface area contributed by atoms with Crippen LogP contribution in [0.3, 0.4) is 0 Å². The number of oxazole rings is 1. The Morgan fingerprint density at radius 3 is 3.14 bits per heavy atom. The van der Waals surface area contributed by atoms with E-state index in [9.17, 15) is 4.79 Å². The second-order valence-electron chi connectivity index (χ2n) is 5.40. The second kappa shape index (κ2) is 6.26. The Balaban J connectivity index is 1.65. The lowest BCUT2D eigenvalue weighted by molar-refractivity contribution is -0.150. The van der Waals surface area contributed by atoms with E-state index >= 15 is 0 Å². The number of likely N-dealkylation sites (tertiary alicyclic amines) is 1. The molecule has 0 bridgehead atoms. The number of esters is 1. The van der Waals surface area contributed by atoms with Gasteiger partial charge in [-0.05, 0) is 38.4 Å². The van der Waals surface area contributed by atoms with Crippen molar-refractivity contribution in [1.29, 1.82) is 0 Å². The molecule has 1 saturated heterocycles. The number of aromatic nitrogens is 1. The van der Waals surface area contributed by atoms with Crippen molar-refractivity contribution in [3.63, 3.8) is 0 Å². The molecular weight excluding hydrogens is 268 g/mol. The molecule has 5 nitrogen and oxygen atoms in total. The zero-order chi connectivity index (χ0) is 14.7. The van der Waals surface area contributed by atoms with Crippen molar-refractivity contribution >= 4 is 17.1 Å². The van der Waals surface area contributed by atoms with Gasteiger partial charge in [-0.25, -0.2) is 4.98 Å². The lowest BCUT2D eigenvalue weighted by Gasteiger charge is -2.30. The van der Waals surface area contributed by atoms with Gasteiger partial charge in [0.1, 0.15) is 5.52 Å². The van der Waals surface area contributed by atoms with Crippen molar-refractivity contribution in [2.24, 2.45) is 5.92 Å². The molecule has 1 atom stereocenters. The largest absolute Gasteiger partial charge is 0.466 e. The van der Waals surface area contributed by atoms with Gasteiger partial charge in [-0.1, -0.05) is 12.1 Å². The third-order valence-corrected chi connectivity index (χ3v) is 3.82. The van der Waals surface area contributed by atoms with Gasteiger partial charge in [0, 0.05) is 6.54 Å². The predicted molar refractivity (Wildman–Crippen MR) is 78.6 cm³/mol. The van der Waals surface area contributed by atoms with Crippen molar-refractivity contribution in [3.05, 3.63) is 30.2 Å². The number of hydrogen-bond acceptors (Lipinski definition) is 5. The SMILES string of the molecule is CCOC(=O)[C@H]1CCCN(Cc2nc3ccccc3o2)C1. The van der Waals surface area contributed by atoms with Gasteiger partial charge < -0.3 is 9.15 Å². The minimum Gasteiger partial charge on any atom is -0.466 e. The number of benzene rings is 1. The summed E-state index contributed by atoms with van der Waals surface area (Å²) in [6, 6.07) is 7.75. The molecule has 0 unspecified atom stereocenters. The molecule has 0 aliphatic carbocycles. The van der Waals surface area contributed by atoms with Crippen LogP contribution in [0.5, 0.6) is 0 Å². The maximum atomic E-state index is 11.8. The Kier molecular flexibility index (Phi) is 4.20. The lowest BCUT2D eigenvalue weighted by Crippen LogP contribution is -2.39. The van der Waals surface area contributed by atoms with Crippen molar-refractivity contribution < 1.29 is 13.9 Å². The molecule has 3 rings (SSSR count). The lowest BCUT2D eigenvalue weighted by atomic mass is 9.98. The fourth-order valence-corrected chi connectivity index (χ4v) is 2.83. The molecule has 1 aromatic carbocycles. The minimum absolute atomic E-state index is 0.0249. The summed E-state index contributed by atoms with van der Waals surface area (Å²) >= 11 is 0. The van der Waals surface area contributed by atoms with E-state index in [-0.39, 0.29) is 11.9 Å². The highest BCUT2D eigenvalue weighted by atomic mass is 16.5. The van der Waals surface area contributed by atoms with E-state index in [2.05, 4.69) is 9.88 Å². The first-order valence-corrected chi connectivity index (χ1v) is 7.49. The van der Waals surface area contributed by atoms with Crippen LogP contribution in [0.2, 0.25) is 0 Å². The molecule has 0 N–H and O–H groups in total. The number of rotatable bonds is 4. The monoisotopic (exact) mass is 288 g/mol. The van der Waals surface area contributed by atoms with Crippen LogP contribution >= 0.6 is 0 Å². The highest BCUT2D eigenvalue weighted by Gasteiger charge is 2.27. The summed E-state index contributed by atoms with van der Waals surface area (Å²) in [4.78, 5) is 18.6. The number of carbonyl (C=O) groups excluding carboxylic acids is 1. The maximum absolute atomic E-state index is 11.8. The zero-order valence-electron chi connectivity index (χ0n) is 12.2. The van der Waals surface area contributed by atoms with Gasteiger partial charge in [0.15, 0.2) is 5.58 Å². The van der Waals surface area contributed by atoms with E-state index in [4.69, 9.17) is 9.15 Å². The van der Waals surface area contributed by atoms with E-state index in [1.807, 2.05) is 31.2 Å². The first-order valence-electron chi connectivity index (χ1n) is 7.49. The topological polar surface area (TPSA) is 55.6 Å². The number of fused-ring (bicyclic) bond motifs is 1. The molecule has 1 fully saturated rings. The van der Waals surface area contributed by atoms with Gasteiger partial charge in [-0.3, -0.25) is 9.69 Å². The molecule has 1 aliphatic rings. The van der Waals surface area contributed by atoms with Gasteiger partial charge in [0.05, 0.1) is 19.1 Å². The Morgan fingerprint density at radius 1 is 1.48 bits per heavy atom. The van der Waals surface area contributed by atoms with Crippen LogP contribution in [0.15, 0.2) is 28.7 Å². The fraction of sp³-hybridized carbons (Fsp3) is 0.500. The molecule has 0 amide bonds. The van der Waals surface area contributed by atoms with Crippen LogP contribution in [-0.4, -0.2) is 35.5 Å². The van der Waals surface area contributed by atoms with Gasteiger partial charge in [0.2, 0.25) is 5.89 Å². The summed E-state index contributed by atoms with van der Waals surface area (Å²) in [6.45, 7) is 4.62. The van der Waals surface area contributed by atoms with Crippen molar-refractivity contribution in [1.82, 2.24) is 9.88 Å². The quantitative estimate of drug-likeness (QED) is 0.809. The Bertz CT molecular complexity index is 590. The molecule has 5 heteroatoms. The number of ether oxygens (including phenoxy) is 1. The van der Waals surface area contributed by atoms with Crippen molar-refractivity contribution in [2.45, 2.75) is 26.3 Å². The van der Waals surface area contributed by atoms with E-state index in [0.717, 1.165) is 37.0 Å². The average Bonchev–Trinajstić information content (AvgIpc) is 2.90. The summed E-state index contributed by atoms with van der Waals surface area (Å²) in [5.74, 6) is 0.601. The third kappa shape index (κ3) is 3.24. The summed E-state index contributed by atoms with van der Waals surface area (Å²) in [7, 11) is 0. The molecule has 0 spiro atoms. The molecule has 1 aliphatic heterocycles. The third-order valence-electron chi connectivity index (χ3n) is 3.82. The number of para-hydroxylation sites is 2. The Labute approximate surface area is 123 Å². The van der Waals surface area contributed by atoms with Gasteiger partial charge >= 0.3 is 5.97 Å². The number of nitrogens with zero attached hydrogens (tertiary/aromatic N) is 2. The van der Waals surface area contributed by atoms with Crippen LogP contribution in [0.4, 0.5) is 0 Å². The average molecular weight is 288 g/mol. The van der Waals surface area contributed by atoms with Crippen molar-refractivity contribution in [2.75, 3.05) is 19.7 Å². The van der Waals surface area contributed by atoms with Gasteiger partial charge in [0.25, 0.3) is 0 Å². The van der Waals surface area contributed by atoms with Gasteiger partial charge in [-0.2, -0.15) is 0 Å². The molecular formula is C16H20N2O3. The highest BCUT2D eigenvalue weighted by molar-refractivity contribution is 5.73. The zero-order valence-corrected chi connectivity index (χ0v) is 12.2. The van der Waals surface area contributed by atoms with E-state index < -0.39 is 0 Å². The fourth-order valence-electron chi connectivity index (χ4n) is 2.83. The Morgan fingerprint density at radius 2 is 2.33 bits per heavy atom. The maximum Gasteiger partial charge on any atom is 0.310 e. The molecule has 21 heavy (non-hydrogen) atoms. The summed E-state index contributed by atoms with van der Waals surface area (Å²) < 4.78 is 10.9. The van der Waals surface area contributed by atoms with E-state index in [1.54, 1.807) is 0 Å². The molecule has 0 saturated carbocycles. The van der Waals surface area contributed by atoms with Crippen LogP contribution in [0.25, 0.3) is 11.1 Å². The molecule has 2 aromatic rings. The van der Waals surface area contributed by atoms with Crippen LogP contribution in [0.1, 0.15) is 25.7 Å². The molecule has 0 radical (unpaired) electrons. The smallest absolute Gasteiger partial charge is 0.310 e. The molecule has 1 aromatic heterocycles. The molecule has 2 heterocycles. The van der Waals surface area contributed by atoms with Crippen LogP contribution in [0, 0.1) is 5.92 Å². The Hall–Kier alpha value is -1.88. The normalized spacial score (nSPS) is 19.8. The molecule has 112 valence electrons. The highest BCUT2D eigenvalue weighted by Crippen LogP contribution is 2.21. The number of piperidine rings is 1. The number of hydrogen-bond donors (Lipinski definition) is 0. The standard InChI is InChI=1S/C16H20N2O3/c1-2-20-16(19)12-6-5-9-18(10-12)11-15-17-13-7-3-4-8-14(13)21-15/h3-4,7-8,12H,2,5-6,9-11H2,1H3/t12-/m0/s1. The second-order valence-corrected chi connectivity index (χ2v) is 5.40. The van der Waals surface area contributed by atoms with Crippen LogP contribution in [-0.2, 0) is 16.1 Å².